The number of halogens is 2. The molecule has 0 radical (unpaired) electrons. The van der Waals surface area contributed by atoms with E-state index in [9.17, 15) is 23.9 Å². The van der Waals surface area contributed by atoms with Crippen molar-refractivity contribution in [3.05, 3.63) is 137 Å². The van der Waals surface area contributed by atoms with E-state index in [-0.39, 0.29) is 82.5 Å². The van der Waals surface area contributed by atoms with Crippen LogP contribution in [-0.4, -0.2) is 60.6 Å². The van der Waals surface area contributed by atoms with Gasteiger partial charge in [0.2, 0.25) is 25.4 Å². The van der Waals surface area contributed by atoms with Gasteiger partial charge in [-0.2, -0.15) is 0 Å². The number of aryl methyl sites for hydroxylation is 1. The molecular formula is C62H78F2N4O9. The highest BCUT2D eigenvalue weighted by Gasteiger charge is 2.53. The molecule has 4 N–H and O–H groups in total. The van der Waals surface area contributed by atoms with Gasteiger partial charge in [0.15, 0.2) is 23.0 Å². The fourth-order valence-electron chi connectivity index (χ4n) is 9.78. The summed E-state index contributed by atoms with van der Waals surface area (Å²) in [6, 6.07) is 29.8. The number of nitrogens with one attached hydrogen (secondary N) is 3. The smallest absolute Gasteiger partial charge is 0.235 e. The highest BCUT2D eigenvalue weighted by atomic mass is 19.1. The number of ether oxygens (including phenoxy) is 5. The van der Waals surface area contributed by atoms with Gasteiger partial charge in [-0.25, -0.2) is 8.78 Å². The maximum absolute atomic E-state index is 15.2. The Morgan fingerprint density at radius 3 is 1.81 bits per heavy atom. The molecule has 77 heavy (non-hydrogen) atoms. The number of aromatic nitrogens is 1. The molecule has 15 heteroatoms. The van der Waals surface area contributed by atoms with Gasteiger partial charge in [0.05, 0.1) is 40.9 Å². The highest BCUT2D eigenvalue weighted by Crippen LogP contribution is 2.53. The number of aldehydes is 1. The second kappa shape index (κ2) is 24.1. The molecule has 2 fully saturated rings. The molecule has 6 aromatic rings. The molecule has 0 saturated heterocycles. The number of amides is 2. The molecule has 11 rings (SSSR count). The summed E-state index contributed by atoms with van der Waals surface area (Å²) in [5, 5.41) is 19.3. The molecule has 3 aliphatic heterocycles. The number of aliphatic hydroxyl groups is 1. The van der Waals surface area contributed by atoms with Gasteiger partial charge in [0.25, 0.3) is 0 Å². The van der Waals surface area contributed by atoms with Gasteiger partial charge in [0.1, 0.15) is 17.9 Å². The van der Waals surface area contributed by atoms with E-state index in [1.807, 2.05) is 72.8 Å². The van der Waals surface area contributed by atoms with E-state index < -0.39 is 22.5 Å². The summed E-state index contributed by atoms with van der Waals surface area (Å²) in [6.07, 6.45) is 5.62. The Balaban J connectivity index is 0.000000201. The third kappa shape index (κ3) is 12.9. The first-order valence-electron chi connectivity index (χ1n) is 25.4. The topological polar surface area (TPSA) is 159 Å². The van der Waals surface area contributed by atoms with Crippen LogP contribution in [0.5, 0.6) is 23.0 Å². The van der Waals surface area contributed by atoms with Gasteiger partial charge in [-0.3, -0.25) is 9.59 Å². The van der Waals surface area contributed by atoms with Gasteiger partial charge in [-0.1, -0.05) is 106 Å². The number of anilines is 3. The van der Waals surface area contributed by atoms with Crippen molar-refractivity contribution in [2.75, 3.05) is 42.8 Å². The average molecular weight is 1060 g/mol. The van der Waals surface area contributed by atoms with Crippen molar-refractivity contribution in [2.45, 2.75) is 144 Å². The molecule has 0 bridgehead atoms. The standard InChI is InChI=1S/C26H29FN2O4.C23H25FN2O3.C10H12O2.3CH4/c1-25(2,3)23-12-16-11-19(18(27)14-20(16)29(23)9-4-10-30)28-24(31)26(7-8-26)17-5-6-21-22(13-17)33-15-32-21;1-22(2,3)20-9-13-8-17(15(24)11-16(13)25-20)26-21(27)23(6-7-23)14-4-5-18-19(10-14)29-12-28-18;11-7-4-8-12-9-10-5-2-1-3-6-10;;;/h5-6,11-14,30H,4,7-10,15H2,1-3H3,(H,28,31);4-5,8,10-11,20,25H,6-7,9,12H2,1-3H3,(H,26,27);1-3,5-7H,4,8-9H2;3*1H4. The van der Waals surface area contributed by atoms with Crippen molar-refractivity contribution < 1.29 is 52.0 Å². The first-order chi connectivity index (χ1) is 35.4. The van der Waals surface area contributed by atoms with Crippen LogP contribution in [0.15, 0.2) is 97.1 Å². The Bertz CT molecular complexity index is 3040. The molecule has 5 aromatic carbocycles. The van der Waals surface area contributed by atoms with Crippen LogP contribution in [0.4, 0.5) is 25.8 Å². The number of hydrogen-bond acceptors (Lipinski definition) is 10. The van der Waals surface area contributed by atoms with Gasteiger partial charge in [0, 0.05) is 53.9 Å². The zero-order valence-corrected chi connectivity index (χ0v) is 43.0. The summed E-state index contributed by atoms with van der Waals surface area (Å²) in [4.78, 5) is 36.3. The minimum absolute atomic E-state index is 0. The number of carbonyl (C=O) groups excluding carboxylic acids is 3. The lowest BCUT2D eigenvalue weighted by Gasteiger charge is -2.27. The van der Waals surface area contributed by atoms with Crippen LogP contribution in [0, 0.1) is 17.0 Å². The van der Waals surface area contributed by atoms with Crippen molar-refractivity contribution in [1.29, 1.82) is 0 Å². The number of nitrogens with zero attached hydrogens (tertiary/aromatic N) is 1. The second-order valence-corrected chi connectivity index (χ2v) is 21.9. The predicted octanol–water partition coefficient (Wildman–Crippen LogP) is 13.2. The van der Waals surface area contributed by atoms with Gasteiger partial charge >= 0.3 is 0 Å². The fourth-order valence-corrected chi connectivity index (χ4v) is 9.78. The zero-order chi connectivity index (χ0) is 52.4. The van der Waals surface area contributed by atoms with Gasteiger partial charge in [-0.15, -0.1) is 0 Å². The third-order valence-electron chi connectivity index (χ3n) is 14.5. The Morgan fingerprint density at radius 2 is 1.29 bits per heavy atom. The first kappa shape index (κ1) is 59.3. The lowest BCUT2D eigenvalue weighted by Crippen LogP contribution is -2.31. The molecule has 1 unspecified atom stereocenters. The zero-order valence-electron chi connectivity index (χ0n) is 43.0. The maximum Gasteiger partial charge on any atom is 0.235 e. The third-order valence-corrected chi connectivity index (χ3v) is 14.5. The maximum atomic E-state index is 15.2. The fraction of sp³-hybridized carbons (Fsp3) is 0.435. The van der Waals surface area contributed by atoms with Crippen molar-refractivity contribution in [1.82, 2.24) is 4.57 Å². The largest absolute Gasteiger partial charge is 0.454 e. The summed E-state index contributed by atoms with van der Waals surface area (Å²) in [6.45, 7) is 15.0. The summed E-state index contributed by atoms with van der Waals surface area (Å²) >= 11 is 0. The quantitative estimate of drug-likeness (QED) is 0.0611. The Morgan fingerprint density at radius 1 is 0.740 bits per heavy atom. The first-order valence-corrected chi connectivity index (χ1v) is 25.4. The van der Waals surface area contributed by atoms with E-state index >= 15 is 4.39 Å². The van der Waals surface area contributed by atoms with Crippen LogP contribution >= 0.6 is 0 Å². The molecule has 4 heterocycles. The Hall–Kier alpha value is -6.97. The Labute approximate surface area is 453 Å². The minimum atomic E-state index is -0.675. The number of rotatable bonds is 14. The number of fused-ring (bicyclic) bond motifs is 4. The van der Waals surface area contributed by atoms with Gasteiger partial charge in [-0.05, 0) is 115 Å². The van der Waals surface area contributed by atoms with Crippen molar-refractivity contribution >= 4 is 46.1 Å². The van der Waals surface area contributed by atoms with Crippen molar-refractivity contribution in [2.24, 2.45) is 5.41 Å². The lowest BCUT2D eigenvalue weighted by molar-refractivity contribution is -0.119. The van der Waals surface area contributed by atoms with E-state index in [2.05, 4.69) is 62.1 Å². The van der Waals surface area contributed by atoms with Crippen LogP contribution in [-0.2, 0) is 54.9 Å². The Kier molecular flexibility index (Phi) is 18.6. The normalized spacial score (nSPS) is 16.3. The monoisotopic (exact) mass is 1060 g/mol. The SMILES string of the molecule is C.C.C.CC(C)(C)C1Cc2cc(NC(=O)C3(c4ccc5c(c4)OCO5)CC3)c(F)cc2N1.CC(C)(C)c1cc2cc(NC(=O)C3(c4ccc5c(c4)OCO5)CC3)c(F)cc2n1CCCO.O=CCCOCc1ccccc1. The molecule has 2 saturated carbocycles. The predicted molar refractivity (Wildman–Crippen MR) is 300 cm³/mol. The van der Waals surface area contributed by atoms with Crippen LogP contribution in [0.25, 0.3) is 10.9 Å². The number of carbonyl (C=O) groups is 3. The number of benzene rings is 5. The van der Waals surface area contributed by atoms with E-state index in [1.165, 1.54) is 12.1 Å². The summed E-state index contributed by atoms with van der Waals surface area (Å²) in [5.41, 5.74) is 5.61. The molecule has 2 aliphatic carbocycles. The molecule has 2 amide bonds. The summed E-state index contributed by atoms with van der Waals surface area (Å²) in [7, 11) is 0. The van der Waals surface area contributed by atoms with Crippen LogP contribution < -0.4 is 34.9 Å². The molecule has 13 nitrogen and oxygen atoms in total. The van der Waals surface area contributed by atoms with E-state index in [1.54, 1.807) is 12.1 Å². The summed E-state index contributed by atoms with van der Waals surface area (Å²) in [5.74, 6) is 1.38. The molecule has 414 valence electrons. The van der Waals surface area contributed by atoms with Crippen LogP contribution in [0.2, 0.25) is 0 Å². The van der Waals surface area contributed by atoms with Crippen LogP contribution in [0.3, 0.4) is 0 Å². The average Bonchev–Trinajstić information content (AvgIpc) is 4.20. The van der Waals surface area contributed by atoms with Gasteiger partial charge < -0.3 is 54.1 Å². The minimum Gasteiger partial charge on any atom is -0.454 e. The van der Waals surface area contributed by atoms with E-state index in [0.29, 0.717) is 68.4 Å². The molecule has 1 atom stereocenters. The number of aliphatic hydroxyl groups excluding tert-OH is 1. The number of hydrogen-bond donors (Lipinski definition) is 4. The molecular weight excluding hydrogens is 983 g/mol. The summed E-state index contributed by atoms with van der Waals surface area (Å²) < 4.78 is 58.8. The highest BCUT2D eigenvalue weighted by molar-refractivity contribution is 6.03. The van der Waals surface area contributed by atoms with Crippen molar-refractivity contribution in [3.8, 4) is 23.0 Å². The van der Waals surface area contributed by atoms with Crippen LogP contribution in [0.1, 0.15) is 130 Å². The second-order valence-electron chi connectivity index (χ2n) is 21.9. The molecule has 0 spiro atoms. The molecule has 1 aromatic heterocycles. The van der Waals surface area contributed by atoms with E-state index in [4.69, 9.17) is 23.7 Å². The molecule has 5 aliphatic rings. The van der Waals surface area contributed by atoms with Crippen molar-refractivity contribution in [3.63, 3.8) is 0 Å². The van der Waals surface area contributed by atoms with E-state index in [0.717, 1.165) is 70.1 Å². The lowest BCUT2D eigenvalue weighted by atomic mass is 9.85.